The highest BCUT2D eigenvalue weighted by molar-refractivity contribution is 7.92. The van der Waals surface area contributed by atoms with Crippen LogP contribution in [0.1, 0.15) is 22.6 Å². The minimum atomic E-state index is -3.83. The molecule has 0 saturated carbocycles. The number of benzene rings is 2. The van der Waals surface area contributed by atoms with Gasteiger partial charge >= 0.3 is 0 Å². The third kappa shape index (κ3) is 4.06. The van der Waals surface area contributed by atoms with E-state index in [0.29, 0.717) is 39.6 Å². The van der Waals surface area contributed by atoms with Gasteiger partial charge in [0, 0.05) is 17.3 Å². The van der Waals surface area contributed by atoms with Gasteiger partial charge in [0.15, 0.2) is 5.76 Å². The smallest absolute Gasteiger partial charge is 0.271 e. The van der Waals surface area contributed by atoms with Crippen LogP contribution in [0.5, 0.6) is 0 Å². The summed E-state index contributed by atoms with van der Waals surface area (Å²) in [5, 5.41) is 8.32. The zero-order valence-electron chi connectivity index (χ0n) is 18.1. The molecule has 2 aromatic carbocycles. The summed E-state index contributed by atoms with van der Waals surface area (Å²) >= 11 is 0. The first-order valence-electron chi connectivity index (χ1n) is 9.90. The minimum Gasteiger partial charge on any atom is -0.359 e. The fourth-order valence-corrected chi connectivity index (χ4v) is 4.72. The maximum absolute atomic E-state index is 13.1. The number of nitrogens with zero attached hydrogens (tertiary/aromatic N) is 3. The molecule has 0 unspecified atom stereocenters. The fourth-order valence-electron chi connectivity index (χ4n) is 3.39. The number of aromatic nitrogens is 3. The van der Waals surface area contributed by atoms with Crippen LogP contribution in [0.25, 0.3) is 16.9 Å². The largest absolute Gasteiger partial charge is 0.359 e. The monoisotopic (exact) mass is 450 g/mol. The van der Waals surface area contributed by atoms with Crippen LogP contribution < -0.4 is 10.3 Å². The van der Waals surface area contributed by atoms with Crippen molar-refractivity contribution < 1.29 is 12.9 Å². The van der Waals surface area contributed by atoms with E-state index in [0.717, 1.165) is 5.56 Å². The molecule has 9 heteroatoms. The van der Waals surface area contributed by atoms with Crippen molar-refractivity contribution in [3.63, 3.8) is 0 Å². The molecule has 8 nitrogen and oxygen atoms in total. The first-order valence-corrected chi connectivity index (χ1v) is 11.4. The van der Waals surface area contributed by atoms with Gasteiger partial charge in [-0.2, -0.15) is 9.78 Å². The van der Waals surface area contributed by atoms with Crippen molar-refractivity contribution in [1.29, 1.82) is 0 Å². The third-order valence-electron chi connectivity index (χ3n) is 5.08. The van der Waals surface area contributed by atoms with E-state index in [-0.39, 0.29) is 10.5 Å². The maximum Gasteiger partial charge on any atom is 0.271 e. The Morgan fingerprint density at radius 2 is 1.66 bits per heavy atom. The Kier molecular flexibility index (Phi) is 5.43. The Balaban J connectivity index is 1.77. The molecule has 0 spiro atoms. The van der Waals surface area contributed by atoms with Crippen LogP contribution in [0.4, 0.5) is 5.69 Å². The topological polar surface area (TPSA) is 107 Å². The van der Waals surface area contributed by atoms with Gasteiger partial charge in [0.1, 0.15) is 11.4 Å². The van der Waals surface area contributed by atoms with Crippen molar-refractivity contribution in [2.75, 3.05) is 4.72 Å². The highest BCUT2D eigenvalue weighted by Crippen LogP contribution is 2.26. The molecule has 0 bridgehead atoms. The van der Waals surface area contributed by atoms with Crippen LogP contribution in [-0.4, -0.2) is 23.4 Å². The fraction of sp³-hybridized carbons (Fsp3) is 0.174. The van der Waals surface area contributed by atoms with Crippen LogP contribution in [0.15, 0.2) is 68.8 Å². The van der Waals surface area contributed by atoms with E-state index in [4.69, 9.17) is 4.52 Å². The highest BCUT2D eigenvalue weighted by atomic mass is 32.2. The molecule has 1 N–H and O–H groups in total. The standard InChI is InChI=1S/C23H22N4O4S/c1-14-5-9-19(10-6-14)26-32(29,30)21-13-18(8-7-15(21)2)20-11-12-22(28)27(24-20)23-16(3)25-31-17(23)4/h5-13,26H,1-4H3. The predicted octanol–water partition coefficient (Wildman–Crippen LogP) is 3.92. The molecule has 4 aromatic rings. The summed E-state index contributed by atoms with van der Waals surface area (Å²) in [4.78, 5) is 12.6. The van der Waals surface area contributed by atoms with E-state index in [2.05, 4.69) is 15.0 Å². The van der Waals surface area contributed by atoms with Crippen molar-refractivity contribution in [1.82, 2.24) is 14.9 Å². The summed E-state index contributed by atoms with van der Waals surface area (Å²) < 4.78 is 35.2. The molecule has 0 aliphatic heterocycles. The third-order valence-corrected chi connectivity index (χ3v) is 6.61. The zero-order valence-corrected chi connectivity index (χ0v) is 18.9. The Labute approximate surface area is 185 Å². The van der Waals surface area contributed by atoms with Crippen LogP contribution in [0.3, 0.4) is 0 Å². The molecule has 32 heavy (non-hydrogen) atoms. The Morgan fingerprint density at radius 3 is 2.31 bits per heavy atom. The number of anilines is 1. The van der Waals surface area contributed by atoms with E-state index in [1.54, 1.807) is 57.2 Å². The van der Waals surface area contributed by atoms with Crippen LogP contribution in [-0.2, 0) is 10.0 Å². The van der Waals surface area contributed by atoms with Crippen molar-refractivity contribution in [3.8, 4) is 16.9 Å². The van der Waals surface area contributed by atoms with Crippen LogP contribution in [0, 0.1) is 27.7 Å². The number of hydrogen-bond donors (Lipinski definition) is 1. The van der Waals surface area contributed by atoms with E-state index in [1.165, 1.54) is 10.7 Å². The lowest BCUT2D eigenvalue weighted by atomic mass is 10.1. The average Bonchev–Trinajstić information content (AvgIpc) is 3.08. The summed E-state index contributed by atoms with van der Waals surface area (Å²) in [6, 6.07) is 15.1. The van der Waals surface area contributed by atoms with Gasteiger partial charge in [-0.15, -0.1) is 0 Å². The van der Waals surface area contributed by atoms with Gasteiger partial charge in [0.05, 0.1) is 10.6 Å². The van der Waals surface area contributed by atoms with E-state index >= 15 is 0 Å². The lowest BCUT2D eigenvalue weighted by molar-refractivity contribution is 0.392. The number of rotatable bonds is 5. The summed E-state index contributed by atoms with van der Waals surface area (Å²) in [5.41, 5.74) is 3.76. The van der Waals surface area contributed by atoms with Gasteiger partial charge in [-0.1, -0.05) is 35.0 Å². The summed E-state index contributed by atoms with van der Waals surface area (Å²) in [6.07, 6.45) is 0. The van der Waals surface area contributed by atoms with Gasteiger partial charge < -0.3 is 4.52 Å². The molecular weight excluding hydrogens is 428 g/mol. The first-order chi connectivity index (χ1) is 15.2. The molecule has 0 aliphatic carbocycles. The lowest BCUT2D eigenvalue weighted by Crippen LogP contribution is -2.21. The van der Waals surface area contributed by atoms with E-state index < -0.39 is 10.0 Å². The van der Waals surface area contributed by atoms with Crippen molar-refractivity contribution in [3.05, 3.63) is 87.5 Å². The maximum atomic E-state index is 13.1. The first kappa shape index (κ1) is 21.5. The van der Waals surface area contributed by atoms with Gasteiger partial charge in [-0.3, -0.25) is 9.52 Å². The quantitative estimate of drug-likeness (QED) is 0.494. The van der Waals surface area contributed by atoms with E-state index in [1.807, 2.05) is 19.1 Å². The molecule has 0 amide bonds. The van der Waals surface area contributed by atoms with Gasteiger partial charge in [0.25, 0.3) is 15.6 Å². The lowest BCUT2D eigenvalue weighted by Gasteiger charge is -2.13. The second-order valence-corrected chi connectivity index (χ2v) is 9.24. The highest BCUT2D eigenvalue weighted by Gasteiger charge is 2.20. The van der Waals surface area contributed by atoms with Crippen molar-refractivity contribution >= 4 is 15.7 Å². The molecular formula is C23H22N4O4S. The number of aryl methyl sites for hydroxylation is 4. The number of nitrogens with one attached hydrogen (secondary N) is 1. The van der Waals surface area contributed by atoms with Crippen LogP contribution >= 0.6 is 0 Å². The second-order valence-electron chi connectivity index (χ2n) is 7.59. The van der Waals surface area contributed by atoms with Crippen LogP contribution in [0.2, 0.25) is 0 Å². The molecule has 0 saturated heterocycles. The Bertz CT molecular complexity index is 1450. The minimum absolute atomic E-state index is 0.132. The predicted molar refractivity (Wildman–Crippen MR) is 122 cm³/mol. The SMILES string of the molecule is Cc1ccc(NS(=O)(=O)c2cc(-c3ccc(=O)n(-c4c(C)noc4C)n3)ccc2C)cc1. The van der Waals surface area contributed by atoms with Crippen molar-refractivity contribution in [2.24, 2.45) is 0 Å². The summed E-state index contributed by atoms with van der Waals surface area (Å²) in [5.74, 6) is 0.462. The average molecular weight is 451 g/mol. The number of sulfonamides is 1. The Hall–Kier alpha value is -3.72. The zero-order chi connectivity index (χ0) is 23.0. The summed E-state index contributed by atoms with van der Waals surface area (Å²) in [6.45, 7) is 7.08. The summed E-state index contributed by atoms with van der Waals surface area (Å²) in [7, 11) is -3.83. The molecule has 0 fully saturated rings. The van der Waals surface area contributed by atoms with Crippen molar-refractivity contribution in [2.45, 2.75) is 32.6 Å². The van der Waals surface area contributed by atoms with Gasteiger partial charge in [-0.25, -0.2) is 8.42 Å². The molecule has 2 heterocycles. The molecule has 2 aromatic heterocycles. The van der Waals surface area contributed by atoms with Gasteiger partial charge in [-0.05, 0) is 57.5 Å². The molecule has 0 aliphatic rings. The molecule has 164 valence electrons. The van der Waals surface area contributed by atoms with E-state index in [9.17, 15) is 13.2 Å². The normalized spacial score (nSPS) is 11.5. The second kappa shape index (κ2) is 8.08. The molecule has 0 atom stereocenters. The molecule has 4 rings (SSSR count). The Morgan fingerprint density at radius 1 is 0.938 bits per heavy atom. The number of hydrogen-bond acceptors (Lipinski definition) is 6. The molecule has 0 radical (unpaired) electrons. The van der Waals surface area contributed by atoms with Gasteiger partial charge in [0.2, 0.25) is 0 Å².